The van der Waals surface area contributed by atoms with Crippen LogP contribution in [0.15, 0.2) is 39.6 Å². The summed E-state index contributed by atoms with van der Waals surface area (Å²) in [6.45, 7) is 1.73. The van der Waals surface area contributed by atoms with Crippen LogP contribution in [-0.2, 0) is 5.75 Å². The highest BCUT2D eigenvalue weighted by Gasteiger charge is 2.13. The Labute approximate surface area is 120 Å². The molecule has 0 unspecified atom stereocenters. The second kappa shape index (κ2) is 6.14. The number of carbonyl (C=O) groups is 1. The molecule has 1 amide bonds. The number of thioether (sulfide) groups is 1. The molecule has 19 heavy (non-hydrogen) atoms. The fraction of sp³-hybridized carbons (Fsp3) is 0.154. The van der Waals surface area contributed by atoms with Crippen LogP contribution in [0.5, 0.6) is 0 Å². The van der Waals surface area contributed by atoms with Crippen LogP contribution >= 0.6 is 23.4 Å². The monoisotopic (exact) mass is 296 g/mol. The van der Waals surface area contributed by atoms with Gasteiger partial charge in [-0.3, -0.25) is 10.2 Å². The molecule has 0 aliphatic rings. The number of hydrazine groups is 1. The molecule has 0 radical (unpaired) electrons. The van der Waals surface area contributed by atoms with Crippen molar-refractivity contribution in [1.82, 2.24) is 5.43 Å². The Morgan fingerprint density at radius 2 is 2.26 bits per heavy atom. The Morgan fingerprint density at radius 1 is 1.47 bits per heavy atom. The smallest absolute Gasteiger partial charge is 0.268 e. The molecule has 6 heteroatoms. The Bertz CT molecular complexity index is 598. The molecule has 0 aliphatic carbocycles. The van der Waals surface area contributed by atoms with E-state index in [4.69, 9.17) is 21.9 Å². The average Bonchev–Trinajstić information content (AvgIpc) is 2.77. The molecule has 0 saturated carbocycles. The molecule has 1 aromatic carbocycles. The number of hydrogen-bond acceptors (Lipinski definition) is 4. The summed E-state index contributed by atoms with van der Waals surface area (Å²) in [4.78, 5) is 12.5. The van der Waals surface area contributed by atoms with E-state index < -0.39 is 0 Å². The molecule has 0 aliphatic heterocycles. The zero-order valence-corrected chi connectivity index (χ0v) is 11.8. The summed E-state index contributed by atoms with van der Waals surface area (Å²) in [5.74, 6) is 6.66. The molecule has 100 valence electrons. The van der Waals surface area contributed by atoms with Crippen molar-refractivity contribution >= 4 is 29.3 Å². The molecule has 0 bridgehead atoms. The van der Waals surface area contributed by atoms with E-state index in [-0.39, 0.29) is 5.91 Å². The summed E-state index contributed by atoms with van der Waals surface area (Å²) in [6, 6.07) is 9.28. The Morgan fingerprint density at radius 3 is 2.95 bits per heavy atom. The van der Waals surface area contributed by atoms with Crippen molar-refractivity contribution in [1.29, 1.82) is 0 Å². The summed E-state index contributed by atoms with van der Waals surface area (Å²) in [5, 5.41) is 0.698. The first-order valence-corrected chi connectivity index (χ1v) is 6.95. The van der Waals surface area contributed by atoms with Gasteiger partial charge in [-0.15, -0.1) is 11.8 Å². The maximum atomic E-state index is 11.4. The highest BCUT2D eigenvalue weighted by Crippen LogP contribution is 2.27. The van der Waals surface area contributed by atoms with Gasteiger partial charge in [0.1, 0.15) is 11.5 Å². The maximum absolute atomic E-state index is 11.4. The van der Waals surface area contributed by atoms with E-state index in [0.717, 1.165) is 10.7 Å². The molecular formula is C13H13ClN2O2S. The number of amides is 1. The van der Waals surface area contributed by atoms with Crippen molar-refractivity contribution in [3.8, 4) is 0 Å². The molecule has 0 saturated heterocycles. The van der Waals surface area contributed by atoms with Gasteiger partial charge in [-0.1, -0.05) is 17.7 Å². The third-order valence-electron chi connectivity index (χ3n) is 2.52. The fourth-order valence-electron chi connectivity index (χ4n) is 1.63. The van der Waals surface area contributed by atoms with Gasteiger partial charge >= 0.3 is 0 Å². The quantitative estimate of drug-likeness (QED) is 0.394. The summed E-state index contributed by atoms with van der Waals surface area (Å²) in [7, 11) is 0. The van der Waals surface area contributed by atoms with E-state index in [1.165, 1.54) is 0 Å². The SMILES string of the molecule is Cc1oc(CSc2cccc(Cl)c2)cc1C(=O)NN. The van der Waals surface area contributed by atoms with Crippen LogP contribution in [0.4, 0.5) is 0 Å². The van der Waals surface area contributed by atoms with Crippen LogP contribution < -0.4 is 11.3 Å². The minimum atomic E-state index is -0.347. The van der Waals surface area contributed by atoms with Crippen molar-refractivity contribution in [3.63, 3.8) is 0 Å². The molecular weight excluding hydrogens is 284 g/mol. The van der Waals surface area contributed by atoms with Gasteiger partial charge in [0.15, 0.2) is 0 Å². The predicted molar refractivity (Wildman–Crippen MR) is 76.1 cm³/mol. The first-order chi connectivity index (χ1) is 9.10. The molecule has 4 nitrogen and oxygen atoms in total. The Hall–Kier alpha value is -1.43. The van der Waals surface area contributed by atoms with Crippen LogP contribution in [0.1, 0.15) is 21.9 Å². The predicted octanol–water partition coefficient (Wildman–Crippen LogP) is 3.14. The molecule has 3 N–H and O–H groups in total. The van der Waals surface area contributed by atoms with Crippen molar-refractivity contribution in [2.45, 2.75) is 17.6 Å². The molecule has 0 fully saturated rings. The van der Waals surface area contributed by atoms with Gasteiger partial charge < -0.3 is 4.42 Å². The van der Waals surface area contributed by atoms with Crippen LogP contribution in [-0.4, -0.2) is 5.91 Å². The number of nitrogen functional groups attached to an aromatic ring is 1. The highest BCUT2D eigenvalue weighted by atomic mass is 35.5. The van der Waals surface area contributed by atoms with Crippen LogP contribution in [0, 0.1) is 6.92 Å². The number of nitrogens with one attached hydrogen (secondary N) is 1. The van der Waals surface area contributed by atoms with Crippen LogP contribution in [0.3, 0.4) is 0 Å². The zero-order valence-electron chi connectivity index (χ0n) is 10.3. The topological polar surface area (TPSA) is 68.3 Å². The number of rotatable bonds is 4. The van der Waals surface area contributed by atoms with E-state index in [0.29, 0.717) is 22.1 Å². The lowest BCUT2D eigenvalue weighted by atomic mass is 10.2. The number of furan rings is 1. The van der Waals surface area contributed by atoms with E-state index in [1.54, 1.807) is 24.8 Å². The van der Waals surface area contributed by atoms with E-state index in [1.807, 2.05) is 24.3 Å². The number of nitrogens with two attached hydrogens (primary N) is 1. The lowest BCUT2D eigenvalue weighted by Crippen LogP contribution is -2.30. The van der Waals surface area contributed by atoms with Crippen molar-refractivity contribution in [2.75, 3.05) is 0 Å². The molecule has 0 atom stereocenters. The van der Waals surface area contributed by atoms with Gasteiger partial charge in [-0.25, -0.2) is 5.84 Å². The van der Waals surface area contributed by atoms with Gasteiger partial charge in [-0.05, 0) is 31.2 Å². The first-order valence-electron chi connectivity index (χ1n) is 5.59. The van der Waals surface area contributed by atoms with Gasteiger partial charge in [-0.2, -0.15) is 0 Å². The summed E-state index contributed by atoms with van der Waals surface area (Å²) in [6.07, 6.45) is 0. The third kappa shape index (κ3) is 3.53. The van der Waals surface area contributed by atoms with E-state index >= 15 is 0 Å². The fourth-order valence-corrected chi connectivity index (χ4v) is 2.72. The Kier molecular flexibility index (Phi) is 4.52. The van der Waals surface area contributed by atoms with Crippen molar-refractivity contribution in [2.24, 2.45) is 5.84 Å². The lowest BCUT2D eigenvalue weighted by molar-refractivity contribution is 0.0952. The third-order valence-corrected chi connectivity index (χ3v) is 3.77. The van der Waals surface area contributed by atoms with Crippen LogP contribution in [0.25, 0.3) is 0 Å². The minimum absolute atomic E-state index is 0.347. The largest absolute Gasteiger partial charge is 0.465 e. The van der Waals surface area contributed by atoms with E-state index in [2.05, 4.69) is 5.43 Å². The average molecular weight is 297 g/mol. The molecule has 2 rings (SSSR count). The normalized spacial score (nSPS) is 10.5. The zero-order chi connectivity index (χ0) is 13.8. The number of halogens is 1. The summed E-state index contributed by atoms with van der Waals surface area (Å²) in [5.41, 5.74) is 2.56. The molecule has 1 aromatic heterocycles. The molecule has 2 aromatic rings. The summed E-state index contributed by atoms with van der Waals surface area (Å²) < 4.78 is 5.52. The number of hydrogen-bond donors (Lipinski definition) is 2. The van der Waals surface area contributed by atoms with Crippen molar-refractivity contribution < 1.29 is 9.21 Å². The van der Waals surface area contributed by atoms with Gasteiger partial charge in [0.25, 0.3) is 5.91 Å². The van der Waals surface area contributed by atoms with E-state index in [9.17, 15) is 4.79 Å². The lowest BCUT2D eigenvalue weighted by Gasteiger charge is -1.99. The standard InChI is InChI=1S/C13H13ClN2O2S/c1-8-12(13(17)16-15)6-10(18-8)7-19-11-4-2-3-9(14)5-11/h2-6H,7,15H2,1H3,(H,16,17). The van der Waals surface area contributed by atoms with Crippen LogP contribution in [0.2, 0.25) is 5.02 Å². The Balaban J connectivity index is 2.06. The van der Waals surface area contributed by atoms with Gasteiger partial charge in [0, 0.05) is 9.92 Å². The summed E-state index contributed by atoms with van der Waals surface area (Å²) >= 11 is 7.50. The molecule has 1 heterocycles. The number of aryl methyl sites for hydroxylation is 1. The highest BCUT2D eigenvalue weighted by molar-refractivity contribution is 7.98. The second-order valence-corrected chi connectivity index (χ2v) is 5.39. The van der Waals surface area contributed by atoms with Gasteiger partial charge in [0.05, 0.1) is 11.3 Å². The molecule has 0 spiro atoms. The van der Waals surface area contributed by atoms with Crippen molar-refractivity contribution in [3.05, 3.63) is 52.4 Å². The second-order valence-electron chi connectivity index (χ2n) is 3.90. The number of carbonyl (C=O) groups excluding carboxylic acids is 1. The van der Waals surface area contributed by atoms with Gasteiger partial charge in [0.2, 0.25) is 0 Å². The first kappa shape index (κ1) is 14.0. The minimum Gasteiger partial charge on any atom is -0.465 e. The maximum Gasteiger partial charge on any atom is 0.268 e. The number of benzene rings is 1.